The number of nitrogens with one attached hydrogen (secondary N) is 1. The molecule has 0 aliphatic carbocycles. The highest BCUT2D eigenvalue weighted by atomic mass is 16.5. The summed E-state index contributed by atoms with van der Waals surface area (Å²) >= 11 is 0. The van der Waals surface area contributed by atoms with Crippen LogP contribution >= 0.6 is 0 Å². The predicted molar refractivity (Wildman–Crippen MR) is 112 cm³/mol. The topological polar surface area (TPSA) is 76.5 Å². The number of benzene rings is 3. The number of carbonyl (C=O) groups is 1. The summed E-state index contributed by atoms with van der Waals surface area (Å²) in [5.41, 5.74) is 6.14. The second-order valence-corrected chi connectivity index (χ2v) is 6.28. The van der Waals surface area contributed by atoms with Gasteiger partial charge >= 0.3 is 0 Å². The van der Waals surface area contributed by atoms with Gasteiger partial charge in [0.25, 0.3) is 5.91 Å². The maximum atomic E-state index is 12.2. The summed E-state index contributed by atoms with van der Waals surface area (Å²) in [6.07, 6.45) is 3.08. The number of para-hydroxylation sites is 3. The first-order valence-corrected chi connectivity index (χ1v) is 9.10. The molecule has 142 valence electrons. The molecule has 6 nitrogen and oxygen atoms in total. The average molecular weight is 382 g/mol. The Morgan fingerprint density at radius 3 is 2.45 bits per heavy atom. The molecule has 0 atom stereocenters. The Kier molecular flexibility index (Phi) is 5.53. The van der Waals surface area contributed by atoms with Crippen molar-refractivity contribution in [2.75, 3.05) is 0 Å². The van der Waals surface area contributed by atoms with Crippen LogP contribution in [0.3, 0.4) is 0 Å². The summed E-state index contributed by atoms with van der Waals surface area (Å²) in [4.78, 5) is 21.0. The Labute approximate surface area is 167 Å². The highest BCUT2D eigenvalue weighted by molar-refractivity contribution is 5.94. The van der Waals surface area contributed by atoms with Gasteiger partial charge in [0.1, 0.15) is 18.1 Å². The normalized spacial score (nSPS) is 10.9. The number of aromatic nitrogens is 2. The molecule has 0 saturated heterocycles. The SMILES string of the molecule is O=C(N/N=C\c1cnc2ccccc2n1)c1ccc(COc2ccccc2)cc1. The summed E-state index contributed by atoms with van der Waals surface area (Å²) in [5.74, 6) is 0.506. The second kappa shape index (κ2) is 8.75. The minimum atomic E-state index is -0.300. The van der Waals surface area contributed by atoms with Gasteiger partial charge in [-0.05, 0) is 42.0 Å². The second-order valence-electron chi connectivity index (χ2n) is 6.28. The third-order valence-corrected chi connectivity index (χ3v) is 4.19. The number of rotatable bonds is 6. The van der Waals surface area contributed by atoms with Crippen LogP contribution in [0, 0.1) is 0 Å². The van der Waals surface area contributed by atoms with E-state index >= 15 is 0 Å². The molecule has 1 aromatic heterocycles. The van der Waals surface area contributed by atoms with Crippen LogP contribution in [0.5, 0.6) is 5.75 Å². The van der Waals surface area contributed by atoms with E-state index in [1.165, 1.54) is 6.21 Å². The highest BCUT2D eigenvalue weighted by Crippen LogP contribution is 2.12. The molecule has 6 heteroatoms. The van der Waals surface area contributed by atoms with E-state index in [4.69, 9.17) is 4.74 Å². The van der Waals surface area contributed by atoms with Gasteiger partial charge in [-0.3, -0.25) is 9.78 Å². The first-order chi connectivity index (χ1) is 14.3. The number of hydrazone groups is 1. The molecule has 0 spiro atoms. The number of amides is 1. The van der Waals surface area contributed by atoms with Crippen LogP contribution < -0.4 is 10.2 Å². The molecule has 0 aliphatic rings. The zero-order valence-electron chi connectivity index (χ0n) is 15.5. The zero-order chi connectivity index (χ0) is 19.9. The number of carbonyl (C=O) groups excluding carboxylic acids is 1. The van der Waals surface area contributed by atoms with Crippen molar-refractivity contribution in [2.24, 2.45) is 5.10 Å². The molecule has 0 fully saturated rings. The molecule has 1 N–H and O–H groups in total. The Hall–Kier alpha value is -4.06. The average Bonchev–Trinajstić information content (AvgIpc) is 2.78. The van der Waals surface area contributed by atoms with Crippen molar-refractivity contribution in [3.05, 3.63) is 102 Å². The molecular formula is C23H18N4O2. The number of hydrogen-bond donors (Lipinski definition) is 1. The summed E-state index contributed by atoms with van der Waals surface area (Å²) in [7, 11) is 0. The van der Waals surface area contributed by atoms with Crippen molar-refractivity contribution in [3.63, 3.8) is 0 Å². The lowest BCUT2D eigenvalue weighted by Crippen LogP contribution is -2.17. The maximum Gasteiger partial charge on any atom is 0.271 e. The minimum absolute atomic E-state index is 0.300. The van der Waals surface area contributed by atoms with Crippen molar-refractivity contribution < 1.29 is 9.53 Å². The lowest BCUT2D eigenvalue weighted by Gasteiger charge is -2.06. The number of ether oxygens (including phenoxy) is 1. The molecule has 0 aliphatic heterocycles. The lowest BCUT2D eigenvalue weighted by atomic mass is 10.1. The number of nitrogens with zero attached hydrogens (tertiary/aromatic N) is 3. The zero-order valence-corrected chi connectivity index (χ0v) is 15.5. The molecule has 3 aromatic carbocycles. The number of fused-ring (bicyclic) bond motifs is 1. The summed E-state index contributed by atoms with van der Waals surface area (Å²) in [5, 5.41) is 3.97. The lowest BCUT2D eigenvalue weighted by molar-refractivity contribution is 0.0955. The molecule has 1 heterocycles. The molecule has 0 bridgehead atoms. The van der Waals surface area contributed by atoms with E-state index in [1.807, 2.05) is 66.7 Å². The Bertz CT molecular complexity index is 1140. The molecule has 29 heavy (non-hydrogen) atoms. The quantitative estimate of drug-likeness (QED) is 0.404. The minimum Gasteiger partial charge on any atom is -0.489 e. The fourth-order valence-electron chi connectivity index (χ4n) is 2.69. The van der Waals surface area contributed by atoms with Gasteiger partial charge in [0.2, 0.25) is 0 Å². The largest absolute Gasteiger partial charge is 0.489 e. The van der Waals surface area contributed by atoms with Gasteiger partial charge in [-0.1, -0.05) is 42.5 Å². The standard InChI is InChI=1S/C23H18N4O2/c28-23(27-25-15-19-14-24-21-8-4-5-9-22(21)26-19)18-12-10-17(11-13-18)16-29-20-6-2-1-3-7-20/h1-15H,16H2,(H,27,28)/b25-15-. The van der Waals surface area contributed by atoms with Crippen LogP contribution in [0.25, 0.3) is 11.0 Å². The number of hydrogen-bond acceptors (Lipinski definition) is 5. The van der Waals surface area contributed by atoms with Gasteiger partial charge in [0.15, 0.2) is 0 Å². The van der Waals surface area contributed by atoms with Crippen molar-refractivity contribution in [1.29, 1.82) is 0 Å². The van der Waals surface area contributed by atoms with E-state index in [9.17, 15) is 4.79 Å². The Morgan fingerprint density at radius 1 is 0.931 bits per heavy atom. The fourth-order valence-corrected chi connectivity index (χ4v) is 2.69. The van der Waals surface area contributed by atoms with Crippen LogP contribution in [0.1, 0.15) is 21.6 Å². The van der Waals surface area contributed by atoms with Crippen LogP contribution in [0.4, 0.5) is 0 Å². The van der Waals surface area contributed by atoms with Crippen molar-refractivity contribution >= 4 is 23.2 Å². The van der Waals surface area contributed by atoms with Gasteiger partial charge in [-0.15, -0.1) is 0 Å². The molecule has 0 radical (unpaired) electrons. The highest BCUT2D eigenvalue weighted by Gasteiger charge is 2.05. The van der Waals surface area contributed by atoms with Crippen LogP contribution in [-0.2, 0) is 6.61 Å². The smallest absolute Gasteiger partial charge is 0.271 e. The summed E-state index contributed by atoms with van der Waals surface area (Å²) < 4.78 is 5.70. The van der Waals surface area contributed by atoms with Crippen molar-refractivity contribution in [1.82, 2.24) is 15.4 Å². The van der Waals surface area contributed by atoms with Gasteiger partial charge in [-0.25, -0.2) is 10.4 Å². The Morgan fingerprint density at radius 2 is 1.66 bits per heavy atom. The molecule has 0 saturated carbocycles. The first kappa shape index (κ1) is 18.3. The van der Waals surface area contributed by atoms with Gasteiger partial charge in [0.05, 0.1) is 23.4 Å². The van der Waals surface area contributed by atoms with Crippen LogP contribution in [0.15, 0.2) is 90.2 Å². The maximum absolute atomic E-state index is 12.2. The van der Waals surface area contributed by atoms with Crippen molar-refractivity contribution in [2.45, 2.75) is 6.61 Å². The summed E-state index contributed by atoms with van der Waals surface area (Å²) in [6.45, 7) is 0.435. The molecule has 0 unspecified atom stereocenters. The van der Waals surface area contributed by atoms with Crippen molar-refractivity contribution in [3.8, 4) is 5.75 Å². The van der Waals surface area contributed by atoms with Gasteiger partial charge < -0.3 is 4.74 Å². The van der Waals surface area contributed by atoms with E-state index in [0.29, 0.717) is 17.9 Å². The summed E-state index contributed by atoms with van der Waals surface area (Å²) in [6, 6.07) is 24.4. The predicted octanol–water partition coefficient (Wildman–Crippen LogP) is 3.97. The van der Waals surface area contributed by atoms with E-state index < -0.39 is 0 Å². The first-order valence-electron chi connectivity index (χ1n) is 9.10. The molecule has 4 rings (SSSR count). The fraction of sp³-hybridized carbons (Fsp3) is 0.0435. The van der Waals surface area contributed by atoms with Crippen LogP contribution in [-0.4, -0.2) is 22.1 Å². The van der Waals surface area contributed by atoms with E-state index in [-0.39, 0.29) is 5.91 Å². The van der Waals surface area contributed by atoms with Gasteiger partial charge in [0, 0.05) is 5.56 Å². The molecule has 1 amide bonds. The van der Waals surface area contributed by atoms with E-state index in [1.54, 1.807) is 18.3 Å². The molecule has 4 aromatic rings. The monoisotopic (exact) mass is 382 g/mol. The third-order valence-electron chi connectivity index (χ3n) is 4.19. The van der Waals surface area contributed by atoms with E-state index in [2.05, 4.69) is 20.5 Å². The molecular weight excluding hydrogens is 364 g/mol. The van der Waals surface area contributed by atoms with E-state index in [0.717, 1.165) is 22.3 Å². The van der Waals surface area contributed by atoms with Gasteiger partial charge in [-0.2, -0.15) is 5.10 Å². The third kappa shape index (κ3) is 4.81. The Balaban J connectivity index is 1.33. The van der Waals surface area contributed by atoms with Crippen LogP contribution in [0.2, 0.25) is 0 Å².